The zero-order valence-electron chi connectivity index (χ0n) is 16.3. The summed E-state index contributed by atoms with van der Waals surface area (Å²) in [5.41, 5.74) is -3.30. The van der Waals surface area contributed by atoms with E-state index in [0.717, 1.165) is 17.9 Å². The third kappa shape index (κ3) is 3.98. The van der Waals surface area contributed by atoms with E-state index < -0.39 is 28.9 Å². The van der Waals surface area contributed by atoms with Gasteiger partial charge >= 0.3 is 5.97 Å². The highest BCUT2D eigenvalue weighted by molar-refractivity contribution is 8.18. The van der Waals surface area contributed by atoms with Crippen LogP contribution in [0.3, 0.4) is 0 Å². The molecule has 1 N–H and O–H groups in total. The first-order valence-corrected chi connectivity index (χ1v) is 10.9. The summed E-state index contributed by atoms with van der Waals surface area (Å²) in [6, 6.07) is 0. The second-order valence-electron chi connectivity index (χ2n) is 8.34. The summed E-state index contributed by atoms with van der Waals surface area (Å²) >= 11 is 3.14. The molecule has 0 aromatic heterocycles. The van der Waals surface area contributed by atoms with Crippen molar-refractivity contribution in [3.8, 4) is 0 Å². The molecule has 6 nitrogen and oxygen atoms in total. The molecule has 0 radical (unpaired) electrons. The van der Waals surface area contributed by atoms with Crippen LogP contribution in [0.25, 0.3) is 0 Å². The van der Waals surface area contributed by atoms with Crippen molar-refractivity contribution in [1.29, 1.82) is 0 Å². The first kappa shape index (κ1) is 21.7. The highest BCUT2D eigenvalue weighted by Crippen LogP contribution is 2.40. The average molecular weight is 404 g/mol. The number of nitrogens with one attached hydrogen (secondary N) is 1. The first-order valence-electron chi connectivity index (χ1n) is 8.77. The number of carbonyl (C=O) groups excluding carboxylic acids is 3. The van der Waals surface area contributed by atoms with Gasteiger partial charge in [-0.15, -0.1) is 23.5 Å². The lowest BCUT2D eigenvalue weighted by Crippen LogP contribution is -2.64. The van der Waals surface area contributed by atoms with Crippen molar-refractivity contribution < 1.29 is 23.9 Å². The Balaban J connectivity index is 2.31. The number of carbonyl (C=O) groups is 3. The molecule has 2 heterocycles. The van der Waals surface area contributed by atoms with Gasteiger partial charge in [0.1, 0.15) is 10.8 Å². The lowest BCUT2D eigenvalue weighted by molar-refractivity contribution is -0.156. The van der Waals surface area contributed by atoms with Crippen molar-refractivity contribution in [2.75, 3.05) is 25.2 Å². The number of thioether (sulfide) groups is 2. The molecule has 0 aromatic rings. The Morgan fingerprint density at radius 2 is 1.69 bits per heavy atom. The predicted octanol–water partition coefficient (Wildman–Crippen LogP) is 2.25. The molecule has 2 aliphatic heterocycles. The maximum Gasteiger partial charge on any atom is 0.336 e. The van der Waals surface area contributed by atoms with Gasteiger partial charge in [0.15, 0.2) is 11.6 Å². The van der Waals surface area contributed by atoms with Crippen molar-refractivity contribution >= 4 is 41.1 Å². The van der Waals surface area contributed by atoms with Gasteiger partial charge in [0, 0.05) is 5.41 Å². The Kier molecular flexibility index (Phi) is 6.53. The molecule has 0 aliphatic carbocycles. The van der Waals surface area contributed by atoms with Gasteiger partial charge in [0.2, 0.25) is 5.54 Å². The molecule has 2 rings (SSSR count). The number of esters is 1. The fraction of sp³-hybridized carbons (Fsp3) is 0.833. The summed E-state index contributed by atoms with van der Waals surface area (Å²) in [7, 11) is 1.24. The summed E-state index contributed by atoms with van der Waals surface area (Å²) in [6.45, 7) is 8.92. The summed E-state index contributed by atoms with van der Waals surface area (Å²) in [6.07, 6.45) is 0.567. The molecule has 0 aromatic carbocycles. The Morgan fingerprint density at radius 3 is 2.15 bits per heavy atom. The Hall–Kier alpha value is -0.570. The van der Waals surface area contributed by atoms with E-state index in [1.54, 1.807) is 37.4 Å². The number of rotatable bonds is 5. The highest BCUT2D eigenvalue weighted by Gasteiger charge is 2.60. The van der Waals surface area contributed by atoms with E-state index in [4.69, 9.17) is 9.47 Å². The Morgan fingerprint density at radius 1 is 1.12 bits per heavy atom. The third-order valence-corrected chi connectivity index (χ3v) is 7.68. The van der Waals surface area contributed by atoms with E-state index in [0.29, 0.717) is 0 Å². The molecule has 148 valence electrons. The lowest BCUT2D eigenvalue weighted by Gasteiger charge is -2.35. The van der Waals surface area contributed by atoms with Crippen LogP contribution in [0.1, 0.15) is 41.0 Å². The van der Waals surface area contributed by atoms with E-state index in [1.807, 2.05) is 20.8 Å². The minimum atomic E-state index is -1.66. The van der Waals surface area contributed by atoms with Crippen molar-refractivity contribution in [3.05, 3.63) is 0 Å². The largest absolute Gasteiger partial charge is 0.467 e. The van der Waals surface area contributed by atoms with Gasteiger partial charge in [0.25, 0.3) is 0 Å². The topological polar surface area (TPSA) is 81.7 Å². The Labute approximate surface area is 163 Å². The molecule has 2 fully saturated rings. The number of hydrogen-bond donors (Lipinski definition) is 1. The molecule has 0 saturated carbocycles. The SMILES string of the molecule is COC(=O)[C@]1(C(=O)C(C)(C)C(=O)C2SCCCS2)CO[C@H](C(C)(C)C)N1. The van der Waals surface area contributed by atoms with Crippen LogP contribution in [0.2, 0.25) is 0 Å². The van der Waals surface area contributed by atoms with E-state index in [1.165, 1.54) is 7.11 Å². The standard InChI is InChI=1S/C18H29NO5S2/c1-16(2,3)14-19-18(10-24-14,15(22)23-6)13(21)17(4,5)11(20)12-25-8-7-9-26-12/h12,14,19H,7-10H2,1-6H3/t14-,18-/m1/s1. The van der Waals surface area contributed by atoms with E-state index in [2.05, 4.69) is 5.32 Å². The normalized spacial score (nSPS) is 28.0. The minimum absolute atomic E-state index is 0.137. The molecule has 2 aliphatic rings. The number of hydrogen-bond acceptors (Lipinski definition) is 8. The van der Waals surface area contributed by atoms with Gasteiger partial charge in [-0.3, -0.25) is 14.9 Å². The van der Waals surface area contributed by atoms with Crippen molar-refractivity contribution in [2.45, 2.75) is 57.4 Å². The molecule has 0 spiro atoms. The highest BCUT2D eigenvalue weighted by atomic mass is 32.2. The predicted molar refractivity (Wildman–Crippen MR) is 104 cm³/mol. The summed E-state index contributed by atoms with van der Waals surface area (Å²) in [4.78, 5) is 39.1. The number of ketones is 2. The van der Waals surface area contributed by atoms with Gasteiger partial charge in [-0.25, -0.2) is 4.79 Å². The minimum Gasteiger partial charge on any atom is -0.467 e. The van der Waals surface area contributed by atoms with Crippen molar-refractivity contribution in [3.63, 3.8) is 0 Å². The number of ether oxygens (including phenoxy) is 2. The van der Waals surface area contributed by atoms with Gasteiger partial charge in [-0.2, -0.15) is 0 Å². The van der Waals surface area contributed by atoms with Crippen molar-refractivity contribution in [1.82, 2.24) is 5.32 Å². The van der Waals surface area contributed by atoms with Crippen LogP contribution in [0, 0.1) is 10.8 Å². The molecular weight excluding hydrogens is 374 g/mol. The molecule has 0 bridgehead atoms. The molecule has 2 atom stereocenters. The van der Waals surface area contributed by atoms with E-state index >= 15 is 0 Å². The first-order chi connectivity index (χ1) is 12.0. The monoisotopic (exact) mass is 403 g/mol. The molecule has 8 heteroatoms. The quantitative estimate of drug-likeness (QED) is 0.553. The molecule has 0 amide bonds. The van der Waals surface area contributed by atoms with Crippen LogP contribution in [-0.2, 0) is 23.9 Å². The zero-order valence-corrected chi connectivity index (χ0v) is 18.0. The van der Waals surface area contributed by atoms with Gasteiger partial charge in [-0.1, -0.05) is 20.8 Å². The molecular formula is C18H29NO5S2. The Bertz CT molecular complexity index is 581. The van der Waals surface area contributed by atoms with E-state index in [-0.39, 0.29) is 22.4 Å². The smallest absolute Gasteiger partial charge is 0.336 e. The number of Topliss-reactive ketones (excluding diaryl/α,β-unsaturated/α-hetero) is 2. The second-order valence-corrected chi connectivity index (χ2v) is 11.1. The molecule has 2 saturated heterocycles. The molecule has 0 unspecified atom stereocenters. The second kappa shape index (κ2) is 7.81. The van der Waals surface area contributed by atoms with Gasteiger partial charge in [-0.05, 0) is 31.8 Å². The van der Waals surface area contributed by atoms with Gasteiger partial charge < -0.3 is 9.47 Å². The fourth-order valence-corrected chi connectivity index (χ4v) is 6.16. The average Bonchev–Trinajstić information content (AvgIpc) is 3.07. The summed E-state index contributed by atoms with van der Waals surface area (Å²) in [5.74, 6) is 0.466. The van der Waals surface area contributed by atoms with E-state index in [9.17, 15) is 14.4 Å². The van der Waals surface area contributed by atoms with Crippen LogP contribution in [-0.4, -0.2) is 59.1 Å². The third-order valence-electron chi connectivity index (χ3n) is 4.78. The van der Waals surface area contributed by atoms with Crippen LogP contribution >= 0.6 is 23.5 Å². The maximum absolute atomic E-state index is 13.5. The summed E-state index contributed by atoms with van der Waals surface area (Å²) < 4.78 is 10.4. The molecule has 26 heavy (non-hydrogen) atoms. The lowest BCUT2D eigenvalue weighted by atomic mass is 9.74. The van der Waals surface area contributed by atoms with Crippen LogP contribution < -0.4 is 5.32 Å². The fourth-order valence-electron chi connectivity index (χ4n) is 3.08. The van der Waals surface area contributed by atoms with Gasteiger partial charge in [0.05, 0.1) is 19.1 Å². The van der Waals surface area contributed by atoms with Crippen LogP contribution in [0.15, 0.2) is 0 Å². The zero-order chi connectivity index (χ0) is 19.8. The van der Waals surface area contributed by atoms with Crippen molar-refractivity contribution in [2.24, 2.45) is 10.8 Å². The van der Waals surface area contributed by atoms with Crippen LogP contribution in [0.4, 0.5) is 0 Å². The maximum atomic E-state index is 13.5. The number of methoxy groups -OCH3 is 1. The van der Waals surface area contributed by atoms with Crippen LogP contribution in [0.5, 0.6) is 0 Å². The summed E-state index contributed by atoms with van der Waals surface area (Å²) in [5, 5.41) is 3.05.